The Morgan fingerprint density at radius 3 is 2.54 bits per heavy atom. The van der Waals surface area contributed by atoms with E-state index in [1.54, 1.807) is 6.07 Å². The zero-order valence-electron chi connectivity index (χ0n) is 14.0. The van der Waals surface area contributed by atoms with Gasteiger partial charge in [-0.25, -0.2) is 4.98 Å². The summed E-state index contributed by atoms with van der Waals surface area (Å²) in [6.07, 6.45) is 0. The Balaban J connectivity index is 1.79. The van der Waals surface area contributed by atoms with Gasteiger partial charge in [0.05, 0.1) is 11.1 Å². The maximum absolute atomic E-state index is 12.9. The second-order valence-electron chi connectivity index (χ2n) is 5.94. The number of anilines is 1. The van der Waals surface area contributed by atoms with Crippen molar-refractivity contribution >= 4 is 38.4 Å². The van der Waals surface area contributed by atoms with E-state index in [9.17, 15) is 4.79 Å². The Hall–Kier alpha value is -2.92. The zero-order valence-corrected chi connectivity index (χ0v) is 15.6. The third kappa shape index (κ3) is 3.26. The van der Waals surface area contributed by atoms with Gasteiger partial charge in [-0.15, -0.1) is 0 Å². The van der Waals surface area contributed by atoms with E-state index in [1.807, 2.05) is 67.6 Å². The molecule has 2 aromatic heterocycles. The SMILES string of the molecule is Cc1ccc(-c2cc(C(=O)Nc3ccc(Br)cc3)c3ccccc3n2)o1. The molecule has 2 aromatic carbocycles. The van der Waals surface area contributed by atoms with Crippen LogP contribution >= 0.6 is 15.9 Å². The lowest BCUT2D eigenvalue weighted by atomic mass is 10.1. The topological polar surface area (TPSA) is 55.1 Å². The molecule has 26 heavy (non-hydrogen) atoms. The molecule has 1 N–H and O–H groups in total. The molecule has 128 valence electrons. The quantitative estimate of drug-likeness (QED) is 0.466. The van der Waals surface area contributed by atoms with E-state index < -0.39 is 0 Å². The Morgan fingerprint density at radius 1 is 1.04 bits per heavy atom. The second kappa shape index (κ2) is 6.77. The first-order valence-electron chi connectivity index (χ1n) is 8.14. The lowest BCUT2D eigenvalue weighted by Crippen LogP contribution is -2.13. The van der Waals surface area contributed by atoms with Gasteiger partial charge in [0.2, 0.25) is 0 Å². The molecule has 0 fully saturated rings. The van der Waals surface area contributed by atoms with Crippen LogP contribution in [0.15, 0.2) is 75.6 Å². The van der Waals surface area contributed by atoms with Gasteiger partial charge in [0.25, 0.3) is 5.91 Å². The lowest BCUT2D eigenvalue weighted by Gasteiger charge is -2.10. The number of benzene rings is 2. The van der Waals surface area contributed by atoms with Crippen LogP contribution in [-0.2, 0) is 0 Å². The van der Waals surface area contributed by atoms with Crippen LogP contribution in [0.4, 0.5) is 5.69 Å². The zero-order chi connectivity index (χ0) is 18.1. The fraction of sp³-hybridized carbons (Fsp3) is 0.0476. The fourth-order valence-electron chi connectivity index (χ4n) is 2.79. The van der Waals surface area contributed by atoms with E-state index in [-0.39, 0.29) is 5.91 Å². The van der Waals surface area contributed by atoms with E-state index in [1.165, 1.54) is 0 Å². The molecular formula is C21H15BrN2O2. The normalized spacial score (nSPS) is 10.8. The number of furan rings is 1. The number of halogens is 1. The summed E-state index contributed by atoms with van der Waals surface area (Å²) < 4.78 is 6.64. The minimum Gasteiger partial charge on any atom is -0.460 e. The monoisotopic (exact) mass is 406 g/mol. The first-order valence-corrected chi connectivity index (χ1v) is 8.93. The van der Waals surface area contributed by atoms with Gasteiger partial charge in [-0.1, -0.05) is 34.1 Å². The summed E-state index contributed by atoms with van der Waals surface area (Å²) in [5.74, 6) is 1.26. The smallest absolute Gasteiger partial charge is 0.256 e. The van der Waals surface area contributed by atoms with Crippen LogP contribution < -0.4 is 5.32 Å². The predicted molar refractivity (Wildman–Crippen MR) is 106 cm³/mol. The van der Waals surface area contributed by atoms with Gasteiger partial charge >= 0.3 is 0 Å². The van der Waals surface area contributed by atoms with E-state index in [4.69, 9.17) is 4.42 Å². The number of rotatable bonds is 3. The highest BCUT2D eigenvalue weighted by Crippen LogP contribution is 2.27. The lowest BCUT2D eigenvalue weighted by molar-refractivity contribution is 0.102. The molecule has 4 rings (SSSR count). The van der Waals surface area contributed by atoms with E-state index >= 15 is 0 Å². The molecule has 4 aromatic rings. The highest BCUT2D eigenvalue weighted by molar-refractivity contribution is 9.10. The van der Waals surface area contributed by atoms with E-state index in [2.05, 4.69) is 26.2 Å². The van der Waals surface area contributed by atoms with Crippen LogP contribution in [0.25, 0.3) is 22.4 Å². The van der Waals surface area contributed by atoms with Gasteiger partial charge in [-0.05, 0) is 55.5 Å². The number of aromatic nitrogens is 1. The summed E-state index contributed by atoms with van der Waals surface area (Å²) in [6.45, 7) is 1.88. The van der Waals surface area contributed by atoms with Crippen LogP contribution in [0.3, 0.4) is 0 Å². The number of pyridine rings is 1. The Morgan fingerprint density at radius 2 is 1.81 bits per heavy atom. The first kappa shape index (κ1) is 16.5. The molecule has 0 saturated carbocycles. The minimum atomic E-state index is -0.185. The number of amides is 1. The molecule has 0 aliphatic rings. The Labute approximate surface area is 159 Å². The molecule has 0 aliphatic carbocycles. The molecule has 5 heteroatoms. The summed E-state index contributed by atoms with van der Waals surface area (Å²) in [5.41, 5.74) is 2.68. The average molecular weight is 407 g/mol. The van der Waals surface area contributed by atoms with Gasteiger partial charge in [0.1, 0.15) is 11.5 Å². The summed E-state index contributed by atoms with van der Waals surface area (Å²) >= 11 is 3.40. The number of para-hydroxylation sites is 1. The van der Waals surface area contributed by atoms with Gasteiger partial charge < -0.3 is 9.73 Å². The van der Waals surface area contributed by atoms with Crippen LogP contribution in [-0.4, -0.2) is 10.9 Å². The molecule has 0 spiro atoms. The van der Waals surface area contributed by atoms with Crippen molar-refractivity contribution in [3.63, 3.8) is 0 Å². The number of hydrogen-bond donors (Lipinski definition) is 1. The number of carbonyl (C=O) groups is 1. The molecule has 0 radical (unpaired) electrons. The number of hydrogen-bond acceptors (Lipinski definition) is 3. The molecule has 0 saturated heterocycles. The standard InChI is InChI=1S/C21H15BrN2O2/c1-13-6-11-20(26-13)19-12-17(16-4-2-3-5-18(16)24-19)21(25)23-15-9-7-14(22)8-10-15/h2-12H,1H3,(H,23,25). The minimum absolute atomic E-state index is 0.185. The van der Waals surface area contributed by atoms with Crippen LogP contribution in [0.5, 0.6) is 0 Å². The van der Waals surface area contributed by atoms with Crippen molar-refractivity contribution in [3.05, 3.63) is 82.5 Å². The summed E-state index contributed by atoms with van der Waals surface area (Å²) in [5, 5.41) is 3.74. The van der Waals surface area contributed by atoms with Crippen molar-refractivity contribution in [2.45, 2.75) is 6.92 Å². The van der Waals surface area contributed by atoms with Crippen molar-refractivity contribution < 1.29 is 9.21 Å². The van der Waals surface area contributed by atoms with Crippen molar-refractivity contribution in [3.8, 4) is 11.5 Å². The number of fused-ring (bicyclic) bond motifs is 1. The first-order chi connectivity index (χ1) is 12.6. The number of nitrogens with one attached hydrogen (secondary N) is 1. The number of aryl methyl sites for hydroxylation is 1. The van der Waals surface area contributed by atoms with Gasteiger partial charge in [0, 0.05) is 15.5 Å². The summed E-state index contributed by atoms with van der Waals surface area (Å²) in [4.78, 5) is 17.6. The summed E-state index contributed by atoms with van der Waals surface area (Å²) in [6, 6.07) is 20.6. The third-order valence-electron chi connectivity index (χ3n) is 4.06. The highest BCUT2D eigenvalue weighted by Gasteiger charge is 2.15. The van der Waals surface area contributed by atoms with Gasteiger partial charge in [0.15, 0.2) is 5.76 Å². The molecule has 4 nitrogen and oxygen atoms in total. The molecule has 2 heterocycles. The molecule has 0 bridgehead atoms. The Bertz CT molecular complexity index is 1100. The predicted octanol–water partition coefficient (Wildman–Crippen LogP) is 5.82. The fourth-order valence-corrected chi connectivity index (χ4v) is 3.06. The number of nitrogens with zero attached hydrogens (tertiary/aromatic N) is 1. The third-order valence-corrected chi connectivity index (χ3v) is 4.58. The van der Waals surface area contributed by atoms with E-state index in [0.29, 0.717) is 17.0 Å². The largest absolute Gasteiger partial charge is 0.460 e. The maximum atomic E-state index is 12.9. The van der Waals surface area contributed by atoms with Crippen molar-refractivity contribution in [1.82, 2.24) is 4.98 Å². The number of carbonyl (C=O) groups excluding carboxylic acids is 1. The average Bonchev–Trinajstić information content (AvgIpc) is 3.09. The molecule has 0 atom stereocenters. The van der Waals surface area contributed by atoms with Gasteiger partial charge in [-0.2, -0.15) is 0 Å². The van der Waals surface area contributed by atoms with Gasteiger partial charge in [-0.3, -0.25) is 4.79 Å². The highest BCUT2D eigenvalue weighted by atomic mass is 79.9. The molecule has 0 unspecified atom stereocenters. The van der Waals surface area contributed by atoms with Crippen LogP contribution in [0, 0.1) is 6.92 Å². The van der Waals surface area contributed by atoms with Crippen molar-refractivity contribution in [2.75, 3.05) is 5.32 Å². The van der Waals surface area contributed by atoms with Crippen molar-refractivity contribution in [2.24, 2.45) is 0 Å². The Kier molecular flexibility index (Phi) is 4.31. The second-order valence-corrected chi connectivity index (χ2v) is 6.86. The van der Waals surface area contributed by atoms with E-state index in [0.717, 1.165) is 26.8 Å². The van der Waals surface area contributed by atoms with Crippen LogP contribution in [0.1, 0.15) is 16.1 Å². The van der Waals surface area contributed by atoms with Crippen LogP contribution in [0.2, 0.25) is 0 Å². The molecule has 1 amide bonds. The van der Waals surface area contributed by atoms with Crippen molar-refractivity contribution in [1.29, 1.82) is 0 Å². The molecular weight excluding hydrogens is 392 g/mol. The molecule has 0 aliphatic heterocycles. The summed E-state index contributed by atoms with van der Waals surface area (Å²) in [7, 11) is 0. The maximum Gasteiger partial charge on any atom is 0.256 e.